The molecule has 0 radical (unpaired) electrons. The number of amides is 1. The Morgan fingerprint density at radius 3 is 2.58 bits per heavy atom. The summed E-state index contributed by atoms with van der Waals surface area (Å²) in [4.78, 5) is 17.1. The van der Waals surface area contributed by atoms with Crippen LogP contribution in [0.2, 0.25) is 0 Å². The van der Waals surface area contributed by atoms with Gasteiger partial charge < -0.3 is 19.5 Å². The third kappa shape index (κ3) is 5.48. The van der Waals surface area contributed by atoms with E-state index in [-0.39, 0.29) is 18.3 Å². The van der Waals surface area contributed by atoms with Crippen LogP contribution in [0, 0.1) is 5.82 Å². The van der Waals surface area contributed by atoms with Crippen molar-refractivity contribution >= 4 is 22.9 Å². The number of benzene rings is 3. The van der Waals surface area contributed by atoms with Gasteiger partial charge in [-0.05, 0) is 48.0 Å². The number of ether oxygens (including phenoxy) is 3. The van der Waals surface area contributed by atoms with Crippen molar-refractivity contribution in [1.29, 1.82) is 0 Å². The van der Waals surface area contributed by atoms with Crippen LogP contribution in [0.1, 0.15) is 16.1 Å². The number of nitrogens with one attached hydrogen (secondary N) is 1. The minimum Gasteiger partial charge on any atom is -0.497 e. The Hall–Kier alpha value is -3.91. The zero-order chi connectivity index (χ0) is 23.2. The lowest BCUT2D eigenvalue weighted by molar-refractivity contribution is 0.102. The number of thiazole rings is 1. The average molecular weight is 465 g/mol. The highest BCUT2D eigenvalue weighted by Gasteiger charge is 2.15. The Morgan fingerprint density at radius 2 is 1.82 bits per heavy atom. The molecule has 0 bridgehead atoms. The second kappa shape index (κ2) is 10.1. The maximum Gasteiger partial charge on any atom is 0.275 e. The molecule has 0 spiro atoms. The summed E-state index contributed by atoms with van der Waals surface area (Å²) >= 11 is 1.36. The molecule has 4 rings (SSSR count). The lowest BCUT2D eigenvalue weighted by atomic mass is 10.2. The fraction of sp³-hybridized carbons (Fsp3) is 0.120. The van der Waals surface area contributed by atoms with Crippen LogP contribution in [0.5, 0.6) is 17.2 Å². The first-order valence-electron chi connectivity index (χ1n) is 10.0. The van der Waals surface area contributed by atoms with Gasteiger partial charge in [-0.2, -0.15) is 0 Å². The SMILES string of the molecule is COc1cccc(NC(=O)c2csc(-c3ccc(OCc4ccc(F)cc4)c(OC)c3)n2)c1. The van der Waals surface area contributed by atoms with Crippen molar-refractivity contribution in [3.05, 3.63) is 89.2 Å². The number of anilines is 1. The van der Waals surface area contributed by atoms with Gasteiger partial charge >= 0.3 is 0 Å². The highest BCUT2D eigenvalue weighted by Crippen LogP contribution is 2.34. The molecule has 0 saturated heterocycles. The fourth-order valence-electron chi connectivity index (χ4n) is 3.07. The summed E-state index contributed by atoms with van der Waals surface area (Å²) in [6.07, 6.45) is 0. The van der Waals surface area contributed by atoms with Gasteiger partial charge in [-0.3, -0.25) is 4.79 Å². The van der Waals surface area contributed by atoms with E-state index in [0.717, 1.165) is 11.1 Å². The first kappa shape index (κ1) is 22.3. The van der Waals surface area contributed by atoms with Crippen molar-refractivity contribution in [2.45, 2.75) is 6.61 Å². The molecule has 1 amide bonds. The second-order valence-electron chi connectivity index (χ2n) is 7.00. The molecule has 8 heteroatoms. The number of rotatable bonds is 8. The van der Waals surface area contributed by atoms with Gasteiger partial charge in [-0.1, -0.05) is 18.2 Å². The van der Waals surface area contributed by atoms with Crippen LogP contribution in [0.4, 0.5) is 10.1 Å². The highest BCUT2D eigenvalue weighted by molar-refractivity contribution is 7.13. The highest BCUT2D eigenvalue weighted by atomic mass is 32.1. The third-order valence-corrected chi connectivity index (χ3v) is 5.67. The number of aromatic nitrogens is 1. The zero-order valence-corrected chi connectivity index (χ0v) is 18.8. The van der Waals surface area contributed by atoms with Gasteiger partial charge in [0, 0.05) is 22.7 Å². The van der Waals surface area contributed by atoms with E-state index in [2.05, 4.69) is 10.3 Å². The molecule has 1 N–H and O–H groups in total. The van der Waals surface area contributed by atoms with E-state index in [9.17, 15) is 9.18 Å². The molecule has 4 aromatic rings. The summed E-state index contributed by atoms with van der Waals surface area (Å²) in [6, 6.07) is 18.7. The van der Waals surface area contributed by atoms with Gasteiger partial charge in [0.1, 0.15) is 28.9 Å². The smallest absolute Gasteiger partial charge is 0.275 e. The van der Waals surface area contributed by atoms with Crippen LogP contribution in [0.25, 0.3) is 10.6 Å². The van der Waals surface area contributed by atoms with E-state index in [1.54, 1.807) is 62.1 Å². The lowest BCUT2D eigenvalue weighted by Gasteiger charge is -2.12. The van der Waals surface area contributed by atoms with Gasteiger partial charge in [0.2, 0.25) is 0 Å². The van der Waals surface area contributed by atoms with E-state index >= 15 is 0 Å². The molecular weight excluding hydrogens is 443 g/mol. The minimum atomic E-state index is -0.308. The number of halogens is 1. The Balaban J connectivity index is 1.46. The monoisotopic (exact) mass is 464 g/mol. The number of hydrogen-bond acceptors (Lipinski definition) is 6. The quantitative estimate of drug-likeness (QED) is 0.357. The van der Waals surface area contributed by atoms with Crippen molar-refractivity contribution in [3.8, 4) is 27.8 Å². The van der Waals surface area contributed by atoms with E-state index in [1.807, 2.05) is 12.1 Å². The summed E-state index contributed by atoms with van der Waals surface area (Å²) in [6.45, 7) is 0.280. The second-order valence-corrected chi connectivity index (χ2v) is 7.86. The maximum atomic E-state index is 13.1. The number of nitrogens with zero attached hydrogens (tertiary/aromatic N) is 1. The van der Waals surface area contributed by atoms with Crippen LogP contribution >= 0.6 is 11.3 Å². The largest absolute Gasteiger partial charge is 0.497 e. The van der Waals surface area contributed by atoms with Gasteiger partial charge in [0.15, 0.2) is 11.5 Å². The molecule has 0 atom stereocenters. The lowest BCUT2D eigenvalue weighted by Crippen LogP contribution is -2.12. The Kier molecular flexibility index (Phi) is 6.85. The molecule has 1 heterocycles. The van der Waals surface area contributed by atoms with Crippen LogP contribution in [-0.4, -0.2) is 25.1 Å². The Morgan fingerprint density at radius 1 is 1.00 bits per heavy atom. The summed E-state index contributed by atoms with van der Waals surface area (Å²) < 4.78 is 29.6. The molecule has 168 valence electrons. The Labute approximate surface area is 194 Å². The predicted molar refractivity (Wildman–Crippen MR) is 126 cm³/mol. The van der Waals surface area contributed by atoms with Crippen molar-refractivity contribution in [2.75, 3.05) is 19.5 Å². The molecule has 6 nitrogen and oxygen atoms in total. The maximum absolute atomic E-state index is 13.1. The van der Waals surface area contributed by atoms with E-state index in [4.69, 9.17) is 14.2 Å². The molecular formula is C25H21FN2O4S. The van der Waals surface area contributed by atoms with Crippen LogP contribution < -0.4 is 19.5 Å². The molecule has 0 aliphatic heterocycles. The first-order valence-corrected chi connectivity index (χ1v) is 10.9. The summed E-state index contributed by atoms with van der Waals surface area (Å²) in [7, 11) is 3.12. The number of hydrogen-bond donors (Lipinski definition) is 1. The molecule has 33 heavy (non-hydrogen) atoms. The van der Waals surface area contributed by atoms with Crippen molar-refractivity contribution in [2.24, 2.45) is 0 Å². The molecule has 1 aromatic heterocycles. The number of methoxy groups -OCH3 is 2. The number of carbonyl (C=O) groups is 1. The van der Waals surface area contributed by atoms with E-state index in [1.165, 1.54) is 23.5 Å². The van der Waals surface area contributed by atoms with E-state index < -0.39 is 0 Å². The molecule has 3 aromatic carbocycles. The molecule has 0 saturated carbocycles. The van der Waals surface area contributed by atoms with Crippen molar-refractivity contribution in [3.63, 3.8) is 0 Å². The standard InChI is InChI=1S/C25H21FN2O4S/c1-30-20-5-3-4-19(13-20)27-24(29)21-15-33-25(28-21)17-8-11-22(23(12-17)31-2)32-14-16-6-9-18(26)10-7-16/h3-13,15H,14H2,1-2H3,(H,27,29). The minimum absolute atomic E-state index is 0.280. The molecule has 0 aliphatic carbocycles. The molecule has 0 fully saturated rings. The van der Waals surface area contributed by atoms with Crippen molar-refractivity contribution < 1.29 is 23.4 Å². The van der Waals surface area contributed by atoms with Crippen LogP contribution in [-0.2, 0) is 6.61 Å². The van der Waals surface area contributed by atoms with Gasteiger partial charge in [-0.15, -0.1) is 11.3 Å². The first-order chi connectivity index (χ1) is 16.1. The Bertz CT molecular complexity index is 1260. The van der Waals surface area contributed by atoms with Crippen molar-refractivity contribution in [1.82, 2.24) is 4.98 Å². The number of carbonyl (C=O) groups excluding carboxylic acids is 1. The normalized spacial score (nSPS) is 10.5. The molecule has 0 aliphatic rings. The third-order valence-electron chi connectivity index (χ3n) is 4.78. The zero-order valence-electron chi connectivity index (χ0n) is 18.0. The summed E-state index contributed by atoms with van der Waals surface area (Å²) in [5.74, 6) is 1.14. The van der Waals surface area contributed by atoms with Crippen LogP contribution in [0.15, 0.2) is 72.1 Å². The van der Waals surface area contributed by atoms with Gasteiger partial charge in [0.25, 0.3) is 5.91 Å². The average Bonchev–Trinajstić information content (AvgIpc) is 3.34. The van der Waals surface area contributed by atoms with Crippen LogP contribution in [0.3, 0.4) is 0 Å². The summed E-state index contributed by atoms with van der Waals surface area (Å²) in [5.41, 5.74) is 2.58. The van der Waals surface area contributed by atoms with E-state index in [0.29, 0.717) is 33.6 Å². The summed E-state index contributed by atoms with van der Waals surface area (Å²) in [5, 5.41) is 5.20. The van der Waals surface area contributed by atoms with Gasteiger partial charge in [0.05, 0.1) is 14.2 Å². The topological polar surface area (TPSA) is 69.7 Å². The molecule has 0 unspecified atom stereocenters. The predicted octanol–water partition coefficient (Wildman–Crippen LogP) is 5.80. The van der Waals surface area contributed by atoms with Gasteiger partial charge in [-0.25, -0.2) is 9.37 Å². The fourth-order valence-corrected chi connectivity index (χ4v) is 3.87.